The van der Waals surface area contributed by atoms with Gasteiger partial charge in [-0.05, 0) is 18.2 Å². The van der Waals surface area contributed by atoms with Crippen molar-refractivity contribution in [3.8, 4) is 11.3 Å². The number of hydrogen-bond donors (Lipinski definition) is 2. The van der Waals surface area contributed by atoms with Crippen LogP contribution in [-0.2, 0) is 12.4 Å². The Morgan fingerprint density at radius 3 is 1.92 bits per heavy atom. The Morgan fingerprint density at radius 1 is 0.875 bits per heavy atom. The number of aliphatic hydroxyl groups excluding tert-OH is 2. The summed E-state index contributed by atoms with van der Waals surface area (Å²) in [4.78, 5) is 3.40. The first kappa shape index (κ1) is 18.2. The maximum Gasteiger partial charge on any atom is 0.433 e. The molecular formula is C15H11F6NO2. The lowest BCUT2D eigenvalue weighted by molar-refractivity contribution is -0.143. The molecule has 1 aromatic heterocycles. The van der Waals surface area contributed by atoms with Gasteiger partial charge in [0.2, 0.25) is 0 Å². The van der Waals surface area contributed by atoms with E-state index in [9.17, 15) is 31.4 Å². The van der Waals surface area contributed by atoms with Crippen LogP contribution in [-0.4, -0.2) is 21.8 Å². The van der Waals surface area contributed by atoms with Crippen molar-refractivity contribution in [2.24, 2.45) is 0 Å². The molecule has 2 N–H and O–H groups in total. The Kier molecular flexibility index (Phi) is 4.86. The fourth-order valence-corrected chi connectivity index (χ4v) is 2.05. The molecule has 130 valence electrons. The van der Waals surface area contributed by atoms with Crippen molar-refractivity contribution in [2.45, 2.75) is 18.5 Å². The van der Waals surface area contributed by atoms with E-state index in [-0.39, 0.29) is 11.3 Å². The SMILES string of the molecule is OCC(O)c1ccc(-c2ccc(C(F)(F)F)cc2)nc1C(F)(F)F. The van der Waals surface area contributed by atoms with Crippen LogP contribution in [0.1, 0.15) is 22.9 Å². The Balaban J connectivity index is 2.49. The molecule has 1 aromatic carbocycles. The van der Waals surface area contributed by atoms with Crippen LogP contribution in [0.25, 0.3) is 11.3 Å². The van der Waals surface area contributed by atoms with Gasteiger partial charge in [-0.25, -0.2) is 4.98 Å². The zero-order chi connectivity index (χ0) is 18.1. The molecule has 0 aliphatic carbocycles. The molecule has 0 aliphatic rings. The van der Waals surface area contributed by atoms with E-state index in [0.29, 0.717) is 0 Å². The van der Waals surface area contributed by atoms with Gasteiger partial charge in [0.05, 0.1) is 17.9 Å². The van der Waals surface area contributed by atoms with Crippen LogP contribution in [0.3, 0.4) is 0 Å². The van der Waals surface area contributed by atoms with E-state index >= 15 is 0 Å². The third kappa shape index (κ3) is 3.85. The highest BCUT2D eigenvalue weighted by atomic mass is 19.4. The van der Waals surface area contributed by atoms with Gasteiger partial charge in [-0.3, -0.25) is 0 Å². The average Bonchev–Trinajstić information content (AvgIpc) is 2.52. The fraction of sp³-hybridized carbons (Fsp3) is 0.267. The molecule has 0 aliphatic heterocycles. The van der Waals surface area contributed by atoms with E-state index in [0.717, 1.165) is 36.4 Å². The Labute approximate surface area is 132 Å². The molecule has 9 heteroatoms. The van der Waals surface area contributed by atoms with Crippen LogP contribution in [0.15, 0.2) is 36.4 Å². The van der Waals surface area contributed by atoms with Crippen molar-refractivity contribution in [3.63, 3.8) is 0 Å². The summed E-state index contributed by atoms with van der Waals surface area (Å²) in [5.41, 5.74) is -3.10. The van der Waals surface area contributed by atoms with Crippen LogP contribution in [0, 0.1) is 0 Å². The monoisotopic (exact) mass is 351 g/mol. The van der Waals surface area contributed by atoms with Gasteiger partial charge in [-0.15, -0.1) is 0 Å². The summed E-state index contributed by atoms with van der Waals surface area (Å²) in [6.07, 6.45) is -11.2. The predicted molar refractivity (Wildman–Crippen MR) is 71.7 cm³/mol. The lowest BCUT2D eigenvalue weighted by atomic mass is 10.0. The normalized spacial score (nSPS) is 13.8. The molecule has 1 unspecified atom stereocenters. The molecule has 0 spiro atoms. The zero-order valence-electron chi connectivity index (χ0n) is 11.9. The Hall–Kier alpha value is -2.13. The van der Waals surface area contributed by atoms with Gasteiger partial charge < -0.3 is 10.2 Å². The third-order valence-corrected chi connectivity index (χ3v) is 3.23. The van der Waals surface area contributed by atoms with Crippen LogP contribution in [0.5, 0.6) is 0 Å². The predicted octanol–water partition coefficient (Wildman–Crippen LogP) is 3.81. The quantitative estimate of drug-likeness (QED) is 0.827. The highest BCUT2D eigenvalue weighted by Gasteiger charge is 2.37. The van der Waals surface area contributed by atoms with Gasteiger partial charge in [0.1, 0.15) is 6.10 Å². The third-order valence-electron chi connectivity index (χ3n) is 3.23. The number of aromatic nitrogens is 1. The summed E-state index contributed by atoms with van der Waals surface area (Å²) in [7, 11) is 0. The number of alkyl halides is 6. The number of aliphatic hydroxyl groups is 2. The van der Waals surface area contributed by atoms with E-state index in [1.165, 1.54) is 0 Å². The topological polar surface area (TPSA) is 53.4 Å². The number of hydrogen-bond acceptors (Lipinski definition) is 3. The number of pyridine rings is 1. The number of nitrogens with zero attached hydrogens (tertiary/aromatic N) is 1. The lowest BCUT2D eigenvalue weighted by Gasteiger charge is -2.16. The van der Waals surface area contributed by atoms with Gasteiger partial charge in [0.15, 0.2) is 5.69 Å². The summed E-state index contributed by atoms with van der Waals surface area (Å²) < 4.78 is 76.7. The molecule has 1 heterocycles. The number of rotatable bonds is 3. The van der Waals surface area contributed by atoms with Gasteiger partial charge in [-0.1, -0.05) is 18.2 Å². The Bertz CT molecular complexity index is 709. The van der Waals surface area contributed by atoms with Gasteiger partial charge in [-0.2, -0.15) is 26.3 Å². The van der Waals surface area contributed by atoms with Gasteiger partial charge in [0.25, 0.3) is 0 Å². The molecule has 2 aromatic rings. The van der Waals surface area contributed by atoms with Crippen molar-refractivity contribution in [2.75, 3.05) is 6.61 Å². The molecule has 0 saturated carbocycles. The van der Waals surface area contributed by atoms with Gasteiger partial charge >= 0.3 is 12.4 Å². The standard InChI is InChI=1S/C15H11F6NO2/c16-14(17,18)9-3-1-8(2-4-9)11-6-5-10(12(24)7-23)13(22-11)15(19,20)21/h1-6,12,23-24H,7H2. The van der Waals surface area contributed by atoms with E-state index < -0.39 is 41.9 Å². The maximum atomic E-state index is 13.1. The van der Waals surface area contributed by atoms with E-state index in [1.807, 2.05) is 0 Å². The summed E-state index contributed by atoms with van der Waals surface area (Å²) in [5, 5.41) is 18.3. The van der Waals surface area contributed by atoms with Crippen molar-refractivity contribution >= 4 is 0 Å². The summed E-state index contributed by atoms with van der Waals surface area (Å²) >= 11 is 0. The summed E-state index contributed by atoms with van der Waals surface area (Å²) in [6.45, 7) is -0.926. The number of benzene rings is 1. The van der Waals surface area contributed by atoms with Crippen molar-refractivity contribution in [3.05, 3.63) is 53.2 Å². The Morgan fingerprint density at radius 2 is 1.46 bits per heavy atom. The first-order chi connectivity index (χ1) is 11.0. The zero-order valence-corrected chi connectivity index (χ0v) is 11.9. The average molecular weight is 351 g/mol. The second-order valence-corrected chi connectivity index (χ2v) is 4.91. The minimum Gasteiger partial charge on any atom is -0.393 e. The van der Waals surface area contributed by atoms with Gasteiger partial charge in [0, 0.05) is 11.1 Å². The first-order valence-electron chi connectivity index (χ1n) is 6.58. The van der Waals surface area contributed by atoms with E-state index in [1.54, 1.807) is 0 Å². The molecule has 0 bridgehead atoms. The minimum absolute atomic E-state index is 0.0542. The minimum atomic E-state index is -4.90. The maximum absolute atomic E-state index is 13.1. The summed E-state index contributed by atoms with van der Waals surface area (Å²) in [5.74, 6) is 0. The van der Waals surface area contributed by atoms with Crippen molar-refractivity contribution < 1.29 is 36.6 Å². The molecule has 2 rings (SSSR count). The molecular weight excluding hydrogens is 340 g/mol. The molecule has 24 heavy (non-hydrogen) atoms. The highest BCUT2D eigenvalue weighted by Crippen LogP contribution is 2.35. The van der Waals surface area contributed by atoms with Crippen LogP contribution >= 0.6 is 0 Å². The first-order valence-corrected chi connectivity index (χ1v) is 6.58. The molecule has 0 fully saturated rings. The lowest BCUT2D eigenvalue weighted by Crippen LogP contribution is -2.16. The molecule has 1 atom stereocenters. The molecule has 0 amide bonds. The fourth-order valence-electron chi connectivity index (χ4n) is 2.05. The van der Waals surface area contributed by atoms with E-state index in [2.05, 4.69) is 4.98 Å². The summed E-state index contributed by atoms with van der Waals surface area (Å²) in [6, 6.07) is 5.55. The van der Waals surface area contributed by atoms with Crippen LogP contribution in [0.2, 0.25) is 0 Å². The smallest absolute Gasteiger partial charge is 0.393 e. The van der Waals surface area contributed by atoms with E-state index in [4.69, 9.17) is 5.11 Å². The number of halogens is 6. The molecule has 0 saturated heterocycles. The molecule has 0 radical (unpaired) electrons. The van der Waals surface area contributed by atoms with Crippen LogP contribution in [0.4, 0.5) is 26.3 Å². The second-order valence-electron chi connectivity index (χ2n) is 4.91. The van der Waals surface area contributed by atoms with Crippen molar-refractivity contribution in [1.82, 2.24) is 4.98 Å². The van der Waals surface area contributed by atoms with Crippen LogP contribution < -0.4 is 0 Å². The molecule has 3 nitrogen and oxygen atoms in total. The highest BCUT2D eigenvalue weighted by molar-refractivity contribution is 5.60. The largest absolute Gasteiger partial charge is 0.433 e. The van der Waals surface area contributed by atoms with Crippen molar-refractivity contribution in [1.29, 1.82) is 0 Å². The second kappa shape index (κ2) is 6.40.